The predicted octanol–water partition coefficient (Wildman–Crippen LogP) is 3.43. The van der Waals surface area contributed by atoms with E-state index in [0.717, 1.165) is 25.1 Å². The number of thioether (sulfide) groups is 1. The quantitative estimate of drug-likeness (QED) is 0.649. The summed E-state index contributed by atoms with van der Waals surface area (Å²) in [6.07, 6.45) is 2.95. The summed E-state index contributed by atoms with van der Waals surface area (Å²) in [6, 6.07) is 4.64. The minimum Gasteiger partial charge on any atom is -0.399 e. The van der Waals surface area contributed by atoms with Crippen LogP contribution < -0.4 is 5.73 Å². The van der Waals surface area contributed by atoms with Crippen LogP contribution in [-0.2, 0) is 12.2 Å². The molecule has 19 heavy (non-hydrogen) atoms. The van der Waals surface area contributed by atoms with Crippen molar-refractivity contribution >= 4 is 17.4 Å². The molecular weight excluding hydrogens is 265 g/mol. The topological polar surface area (TPSA) is 64.9 Å². The molecule has 0 aliphatic heterocycles. The van der Waals surface area contributed by atoms with Gasteiger partial charge in [0.15, 0.2) is 5.82 Å². The number of nitrogen functional groups attached to an aromatic ring is 1. The third-order valence-corrected chi connectivity index (χ3v) is 3.60. The molecule has 0 fully saturated rings. The first-order chi connectivity index (χ1) is 9.19. The lowest BCUT2D eigenvalue weighted by Gasteiger charge is -2.01. The Morgan fingerprint density at radius 3 is 3.00 bits per heavy atom. The monoisotopic (exact) mass is 281 g/mol. The number of rotatable bonds is 6. The molecule has 0 spiro atoms. The molecular formula is C13H16FN3OS. The Labute approximate surface area is 115 Å². The maximum atomic E-state index is 13.6. The van der Waals surface area contributed by atoms with Crippen molar-refractivity contribution in [3.63, 3.8) is 0 Å². The molecule has 6 heteroatoms. The van der Waals surface area contributed by atoms with Gasteiger partial charge in [-0.1, -0.05) is 18.5 Å². The van der Waals surface area contributed by atoms with Gasteiger partial charge >= 0.3 is 0 Å². The second-order valence-electron chi connectivity index (χ2n) is 4.19. The zero-order chi connectivity index (χ0) is 13.7. The van der Waals surface area contributed by atoms with Crippen molar-refractivity contribution in [3.05, 3.63) is 35.7 Å². The second-order valence-corrected chi connectivity index (χ2v) is 5.20. The molecule has 0 bridgehead atoms. The van der Waals surface area contributed by atoms with Gasteiger partial charge in [0.2, 0.25) is 5.89 Å². The molecule has 0 atom stereocenters. The van der Waals surface area contributed by atoms with Crippen LogP contribution in [0.25, 0.3) is 0 Å². The van der Waals surface area contributed by atoms with E-state index >= 15 is 0 Å². The lowest BCUT2D eigenvalue weighted by Crippen LogP contribution is -1.90. The van der Waals surface area contributed by atoms with E-state index in [1.807, 2.05) is 0 Å². The number of unbranched alkanes of at least 4 members (excludes halogenated alkanes) is 1. The van der Waals surface area contributed by atoms with Crippen molar-refractivity contribution in [1.82, 2.24) is 10.1 Å². The minimum absolute atomic E-state index is 0.323. The van der Waals surface area contributed by atoms with E-state index in [2.05, 4.69) is 17.1 Å². The molecule has 0 amide bonds. The largest absolute Gasteiger partial charge is 0.399 e. The Bertz CT molecular complexity index is 544. The van der Waals surface area contributed by atoms with Crippen LogP contribution in [0.2, 0.25) is 0 Å². The van der Waals surface area contributed by atoms with Gasteiger partial charge in [0, 0.05) is 17.0 Å². The standard InChI is InChI=1S/C13H16FN3OS/c1-2-3-4-12-16-13(18-17-12)8-19-11-6-5-9(15)7-10(11)14/h5-7H,2-4,8,15H2,1H3. The van der Waals surface area contributed by atoms with Crippen LogP contribution in [-0.4, -0.2) is 10.1 Å². The fourth-order valence-corrected chi connectivity index (χ4v) is 2.32. The summed E-state index contributed by atoms with van der Waals surface area (Å²) in [7, 11) is 0. The molecule has 0 aliphatic rings. The van der Waals surface area contributed by atoms with Crippen LogP contribution in [0.5, 0.6) is 0 Å². The van der Waals surface area contributed by atoms with Crippen LogP contribution in [0.1, 0.15) is 31.5 Å². The number of halogens is 1. The van der Waals surface area contributed by atoms with Gasteiger partial charge in [-0.25, -0.2) is 4.39 Å². The smallest absolute Gasteiger partial charge is 0.237 e. The highest BCUT2D eigenvalue weighted by Gasteiger charge is 2.09. The second kappa shape index (κ2) is 6.56. The first-order valence-electron chi connectivity index (χ1n) is 6.18. The summed E-state index contributed by atoms with van der Waals surface area (Å²) >= 11 is 1.32. The number of aryl methyl sites for hydroxylation is 1. The summed E-state index contributed by atoms with van der Waals surface area (Å²) in [5, 5.41) is 3.89. The molecule has 0 aliphatic carbocycles. The number of hydrogen-bond acceptors (Lipinski definition) is 5. The van der Waals surface area contributed by atoms with Gasteiger partial charge in [0.05, 0.1) is 5.75 Å². The van der Waals surface area contributed by atoms with Gasteiger partial charge in [-0.05, 0) is 24.6 Å². The highest BCUT2D eigenvalue weighted by Crippen LogP contribution is 2.26. The van der Waals surface area contributed by atoms with Crippen LogP contribution in [0.4, 0.5) is 10.1 Å². The van der Waals surface area contributed by atoms with Crippen LogP contribution in [0, 0.1) is 5.82 Å². The van der Waals surface area contributed by atoms with Crippen molar-refractivity contribution in [3.8, 4) is 0 Å². The zero-order valence-corrected chi connectivity index (χ0v) is 11.5. The van der Waals surface area contributed by atoms with Crippen molar-refractivity contribution in [2.24, 2.45) is 0 Å². The Balaban J connectivity index is 1.92. The summed E-state index contributed by atoms with van der Waals surface area (Å²) in [5.41, 5.74) is 5.91. The summed E-state index contributed by atoms with van der Waals surface area (Å²) in [4.78, 5) is 4.79. The first-order valence-corrected chi connectivity index (χ1v) is 7.17. The Morgan fingerprint density at radius 2 is 2.26 bits per heavy atom. The van der Waals surface area contributed by atoms with Gasteiger partial charge < -0.3 is 10.3 Å². The molecule has 0 radical (unpaired) electrons. The lowest BCUT2D eigenvalue weighted by atomic mass is 10.2. The SMILES string of the molecule is CCCCc1noc(CSc2ccc(N)cc2F)n1. The molecule has 1 aromatic carbocycles. The third-order valence-electron chi connectivity index (χ3n) is 2.57. The maximum absolute atomic E-state index is 13.6. The zero-order valence-electron chi connectivity index (χ0n) is 10.7. The third kappa shape index (κ3) is 3.96. The molecule has 2 aromatic rings. The van der Waals surface area contributed by atoms with E-state index in [1.165, 1.54) is 17.8 Å². The van der Waals surface area contributed by atoms with E-state index in [9.17, 15) is 4.39 Å². The van der Waals surface area contributed by atoms with Gasteiger partial charge in [0.25, 0.3) is 0 Å². The number of anilines is 1. The highest BCUT2D eigenvalue weighted by atomic mass is 32.2. The van der Waals surface area contributed by atoms with Crippen molar-refractivity contribution in [2.45, 2.75) is 36.8 Å². The Morgan fingerprint density at radius 1 is 1.42 bits per heavy atom. The molecule has 2 N–H and O–H groups in total. The summed E-state index contributed by atoms with van der Waals surface area (Å²) in [6.45, 7) is 2.11. The van der Waals surface area contributed by atoms with E-state index in [-0.39, 0.29) is 5.82 Å². The van der Waals surface area contributed by atoms with E-state index in [4.69, 9.17) is 10.3 Å². The van der Waals surface area contributed by atoms with E-state index in [0.29, 0.717) is 22.2 Å². The lowest BCUT2D eigenvalue weighted by molar-refractivity contribution is 0.384. The highest BCUT2D eigenvalue weighted by molar-refractivity contribution is 7.98. The molecule has 0 unspecified atom stereocenters. The maximum Gasteiger partial charge on any atom is 0.237 e. The average molecular weight is 281 g/mol. The fourth-order valence-electron chi connectivity index (χ4n) is 1.56. The normalized spacial score (nSPS) is 10.8. The van der Waals surface area contributed by atoms with Crippen LogP contribution in [0.15, 0.2) is 27.6 Å². The molecule has 4 nitrogen and oxygen atoms in total. The van der Waals surface area contributed by atoms with Crippen molar-refractivity contribution < 1.29 is 8.91 Å². The molecule has 1 heterocycles. The number of nitrogens with zero attached hydrogens (tertiary/aromatic N) is 2. The van der Waals surface area contributed by atoms with Crippen LogP contribution >= 0.6 is 11.8 Å². The van der Waals surface area contributed by atoms with E-state index in [1.54, 1.807) is 12.1 Å². The predicted molar refractivity (Wildman–Crippen MR) is 73.3 cm³/mol. The molecule has 0 saturated carbocycles. The average Bonchev–Trinajstić information content (AvgIpc) is 2.83. The minimum atomic E-state index is -0.323. The number of nitrogens with two attached hydrogens (primary N) is 1. The van der Waals surface area contributed by atoms with Gasteiger partial charge in [0.1, 0.15) is 5.82 Å². The van der Waals surface area contributed by atoms with Crippen LogP contribution in [0.3, 0.4) is 0 Å². The summed E-state index contributed by atoms with van der Waals surface area (Å²) < 4.78 is 18.7. The molecule has 2 rings (SSSR count). The number of aromatic nitrogens is 2. The van der Waals surface area contributed by atoms with E-state index < -0.39 is 0 Å². The Kier molecular flexibility index (Phi) is 4.79. The first kappa shape index (κ1) is 13.9. The molecule has 102 valence electrons. The molecule has 0 saturated heterocycles. The van der Waals surface area contributed by atoms with Gasteiger partial charge in [-0.3, -0.25) is 0 Å². The van der Waals surface area contributed by atoms with Gasteiger partial charge in [-0.2, -0.15) is 4.98 Å². The summed E-state index contributed by atoms with van der Waals surface area (Å²) in [5.74, 6) is 1.37. The van der Waals surface area contributed by atoms with Crippen molar-refractivity contribution in [1.29, 1.82) is 0 Å². The molecule has 1 aromatic heterocycles. The number of benzene rings is 1. The number of hydrogen-bond donors (Lipinski definition) is 1. The van der Waals surface area contributed by atoms with Gasteiger partial charge in [-0.15, -0.1) is 11.8 Å². The van der Waals surface area contributed by atoms with Crippen molar-refractivity contribution in [2.75, 3.05) is 5.73 Å². The Hall–Kier alpha value is -1.56. The fraction of sp³-hybridized carbons (Fsp3) is 0.385.